The molecule has 40 heavy (non-hydrogen) atoms. The van der Waals surface area contributed by atoms with Crippen LogP contribution >= 0.6 is 0 Å². The molecule has 6 rings (SSSR count). The standard InChI is InChI=1S/C30H49N3O7/c1-36-16-5-8-21(24(14-16)38-3)32-25(34)15-40-17-6-9-22-20(13-17)18-11-12-31-27-19-7-10-23(37-2)29(39-4)26(19)30(35)33(22)28(18)27/h16-24,26-29,31H,5-15H2,1-4H3,(H,32,34)/p+1. The van der Waals surface area contributed by atoms with Crippen LogP contribution in [-0.4, -0.2) is 113 Å². The zero-order valence-electron chi connectivity index (χ0n) is 24.7. The molecule has 6 aliphatic rings. The zero-order valence-corrected chi connectivity index (χ0v) is 24.7. The number of rotatable bonds is 8. The number of carbonyl (C=O) groups is 2. The average molecular weight is 565 g/mol. The van der Waals surface area contributed by atoms with Crippen LogP contribution in [0.1, 0.15) is 57.8 Å². The number of amides is 2. The molecule has 3 heterocycles. The fourth-order valence-corrected chi connectivity index (χ4v) is 9.83. The number of quaternary nitrogens is 1. The molecular weight excluding hydrogens is 514 g/mol. The quantitative estimate of drug-likeness (QED) is 0.441. The molecule has 2 amide bonds. The molecule has 10 nitrogen and oxygen atoms in total. The van der Waals surface area contributed by atoms with Crippen LogP contribution in [0.4, 0.5) is 0 Å². The van der Waals surface area contributed by atoms with E-state index in [-0.39, 0.29) is 61.0 Å². The van der Waals surface area contributed by atoms with Gasteiger partial charge >= 0.3 is 0 Å². The fourth-order valence-electron chi connectivity index (χ4n) is 9.83. The van der Waals surface area contributed by atoms with Crippen molar-refractivity contribution in [1.29, 1.82) is 0 Å². The van der Waals surface area contributed by atoms with Crippen molar-refractivity contribution in [2.75, 3.05) is 41.6 Å². The Morgan fingerprint density at radius 1 is 0.850 bits per heavy atom. The second kappa shape index (κ2) is 12.1. The molecule has 13 atom stereocenters. The molecule has 226 valence electrons. The Kier molecular flexibility index (Phi) is 8.73. The molecule has 6 fully saturated rings. The molecule has 0 bridgehead atoms. The Morgan fingerprint density at radius 2 is 1.65 bits per heavy atom. The average Bonchev–Trinajstić information content (AvgIpc) is 3.32. The van der Waals surface area contributed by atoms with Gasteiger partial charge < -0.3 is 39.2 Å². The van der Waals surface area contributed by atoms with Crippen molar-refractivity contribution in [3.05, 3.63) is 0 Å². The first-order valence-electron chi connectivity index (χ1n) is 15.7. The molecular formula is C30H50N3O7+. The monoisotopic (exact) mass is 564 g/mol. The fraction of sp³-hybridized carbons (Fsp3) is 0.933. The maximum Gasteiger partial charge on any atom is 0.246 e. The Hall–Kier alpha value is -1.30. The Bertz CT molecular complexity index is 922. The van der Waals surface area contributed by atoms with Gasteiger partial charge in [0, 0.05) is 53.2 Å². The summed E-state index contributed by atoms with van der Waals surface area (Å²) in [6.45, 7) is 1.19. The van der Waals surface area contributed by atoms with E-state index in [1.165, 1.54) is 0 Å². The summed E-state index contributed by atoms with van der Waals surface area (Å²) in [4.78, 5) is 29.4. The minimum absolute atomic E-state index is 0.00686. The van der Waals surface area contributed by atoms with Crippen LogP contribution in [0.2, 0.25) is 0 Å². The summed E-state index contributed by atoms with van der Waals surface area (Å²) >= 11 is 0. The van der Waals surface area contributed by atoms with Crippen molar-refractivity contribution >= 4 is 11.8 Å². The summed E-state index contributed by atoms with van der Waals surface area (Å²) in [5.41, 5.74) is 0. The lowest BCUT2D eigenvalue weighted by atomic mass is 9.64. The van der Waals surface area contributed by atoms with Crippen LogP contribution in [0, 0.1) is 23.7 Å². The van der Waals surface area contributed by atoms with Crippen LogP contribution in [0.3, 0.4) is 0 Å². The number of nitrogens with one attached hydrogen (secondary N) is 1. The molecule has 10 heteroatoms. The predicted octanol–water partition coefficient (Wildman–Crippen LogP) is 0.472. The summed E-state index contributed by atoms with van der Waals surface area (Å²) in [7, 11) is 6.91. The lowest BCUT2D eigenvalue weighted by Gasteiger charge is -2.53. The van der Waals surface area contributed by atoms with Gasteiger partial charge in [0.25, 0.3) is 0 Å². The van der Waals surface area contributed by atoms with Gasteiger partial charge in [-0.25, -0.2) is 0 Å². The van der Waals surface area contributed by atoms with Crippen LogP contribution in [0.15, 0.2) is 0 Å². The first-order valence-corrected chi connectivity index (χ1v) is 15.7. The summed E-state index contributed by atoms with van der Waals surface area (Å²) in [5.74, 6) is 1.41. The first-order chi connectivity index (χ1) is 19.5. The van der Waals surface area contributed by atoms with Crippen molar-refractivity contribution < 1.29 is 38.6 Å². The zero-order chi connectivity index (χ0) is 28.0. The van der Waals surface area contributed by atoms with Gasteiger partial charge in [-0.1, -0.05) is 0 Å². The SMILES string of the molecule is COC1CCC(NC(=O)COC2CCC3C(C2)C2CC[NH2+]C4C5CCC(OC)C(OC)C5C(=O)N3C24)C(OC)C1. The molecule has 0 spiro atoms. The number of hydrogen-bond donors (Lipinski definition) is 2. The third-order valence-corrected chi connectivity index (χ3v) is 11.6. The highest BCUT2D eigenvalue weighted by Gasteiger charge is 2.66. The molecule has 3 aliphatic carbocycles. The second-order valence-electron chi connectivity index (χ2n) is 13.1. The normalized spacial score (nSPS) is 46.4. The van der Waals surface area contributed by atoms with Crippen LogP contribution in [0.25, 0.3) is 0 Å². The molecule has 3 N–H and O–H groups in total. The molecule has 13 unspecified atom stereocenters. The van der Waals surface area contributed by atoms with Crippen LogP contribution < -0.4 is 10.6 Å². The molecule has 3 saturated heterocycles. The molecule has 0 aromatic rings. The molecule has 0 radical (unpaired) electrons. The van der Waals surface area contributed by atoms with Gasteiger partial charge in [-0.2, -0.15) is 0 Å². The molecule has 0 aromatic heterocycles. The van der Waals surface area contributed by atoms with Gasteiger partial charge in [0.05, 0.1) is 55.1 Å². The van der Waals surface area contributed by atoms with Crippen molar-refractivity contribution in [3.63, 3.8) is 0 Å². The number of carbonyl (C=O) groups excluding carboxylic acids is 2. The van der Waals surface area contributed by atoms with Gasteiger partial charge in [0.15, 0.2) is 0 Å². The van der Waals surface area contributed by atoms with Gasteiger partial charge in [0.2, 0.25) is 11.8 Å². The number of nitrogens with zero attached hydrogens (tertiary/aromatic N) is 1. The van der Waals surface area contributed by atoms with Gasteiger partial charge in [-0.3, -0.25) is 9.59 Å². The summed E-state index contributed by atoms with van der Waals surface area (Å²) in [6.07, 6.45) is 8.45. The highest BCUT2D eigenvalue weighted by Crippen LogP contribution is 2.53. The maximum atomic E-state index is 14.2. The molecule has 0 aromatic carbocycles. The van der Waals surface area contributed by atoms with Gasteiger partial charge in [-0.15, -0.1) is 0 Å². The third kappa shape index (κ3) is 5.00. The van der Waals surface area contributed by atoms with Gasteiger partial charge in [0.1, 0.15) is 12.6 Å². The van der Waals surface area contributed by atoms with E-state index in [9.17, 15) is 9.59 Å². The number of hydrogen-bond acceptors (Lipinski definition) is 7. The van der Waals surface area contributed by atoms with E-state index in [0.717, 1.165) is 64.3 Å². The van der Waals surface area contributed by atoms with Crippen LogP contribution in [0.5, 0.6) is 0 Å². The summed E-state index contributed by atoms with van der Waals surface area (Å²) in [6, 6.07) is 1.01. The maximum absolute atomic E-state index is 14.2. The van der Waals surface area contributed by atoms with Crippen molar-refractivity contribution in [2.45, 2.75) is 112 Å². The van der Waals surface area contributed by atoms with E-state index in [1.54, 1.807) is 28.4 Å². The largest absolute Gasteiger partial charge is 0.381 e. The topological polar surface area (TPSA) is 112 Å². The van der Waals surface area contributed by atoms with E-state index in [2.05, 4.69) is 15.5 Å². The number of methoxy groups -OCH3 is 4. The minimum atomic E-state index is -0.175. The smallest absolute Gasteiger partial charge is 0.246 e. The Morgan fingerprint density at radius 3 is 2.40 bits per heavy atom. The summed E-state index contributed by atoms with van der Waals surface area (Å²) < 4.78 is 29.1. The van der Waals surface area contributed by atoms with Crippen molar-refractivity contribution in [2.24, 2.45) is 23.7 Å². The van der Waals surface area contributed by atoms with Crippen molar-refractivity contribution in [1.82, 2.24) is 10.2 Å². The predicted molar refractivity (Wildman–Crippen MR) is 145 cm³/mol. The third-order valence-electron chi connectivity index (χ3n) is 11.6. The van der Waals surface area contributed by atoms with E-state index >= 15 is 0 Å². The number of ether oxygens (including phenoxy) is 5. The first kappa shape index (κ1) is 28.8. The molecule has 3 aliphatic heterocycles. The Balaban J connectivity index is 1.09. The van der Waals surface area contributed by atoms with E-state index in [0.29, 0.717) is 35.7 Å². The number of fused-ring (bicyclic) bond motifs is 5. The highest BCUT2D eigenvalue weighted by atomic mass is 16.5. The summed E-state index contributed by atoms with van der Waals surface area (Å²) in [5, 5.41) is 5.68. The van der Waals surface area contributed by atoms with E-state index < -0.39 is 0 Å². The lowest BCUT2D eigenvalue weighted by Crippen LogP contribution is -2.99. The second-order valence-corrected chi connectivity index (χ2v) is 13.1. The van der Waals surface area contributed by atoms with Crippen molar-refractivity contribution in [3.8, 4) is 0 Å². The number of piperidine rings is 2. The minimum Gasteiger partial charge on any atom is -0.381 e. The van der Waals surface area contributed by atoms with E-state index in [4.69, 9.17) is 23.7 Å². The lowest BCUT2D eigenvalue weighted by molar-refractivity contribution is -0.713. The van der Waals surface area contributed by atoms with Gasteiger partial charge in [-0.05, 0) is 56.8 Å². The molecule has 3 saturated carbocycles. The van der Waals surface area contributed by atoms with E-state index in [1.807, 2.05) is 0 Å². The number of nitrogens with two attached hydrogens (primary N) is 1. The Labute approximate surface area is 238 Å². The van der Waals surface area contributed by atoms with Crippen LogP contribution in [-0.2, 0) is 33.3 Å². The highest BCUT2D eigenvalue weighted by molar-refractivity contribution is 5.82.